The molecule has 0 aliphatic heterocycles. The first kappa shape index (κ1) is 12.3. The fraction of sp³-hybridized carbons (Fsp3) is 0.500. The minimum atomic E-state index is 0. The van der Waals surface area contributed by atoms with E-state index in [0.717, 1.165) is 12.2 Å². The maximum atomic E-state index is 6.11. The van der Waals surface area contributed by atoms with Crippen molar-refractivity contribution in [3.05, 3.63) is 29.3 Å². The maximum Gasteiger partial charge on any atom is 0.119 e. The van der Waals surface area contributed by atoms with Gasteiger partial charge in [0.1, 0.15) is 5.75 Å². The lowest BCUT2D eigenvalue weighted by molar-refractivity contribution is 0.414. The summed E-state index contributed by atoms with van der Waals surface area (Å²) in [5, 5.41) is 0. The first-order chi connectivity index (χ1) is 6.55. The first-order valence-electron chi connectivity index (χ1n) is 4.98. The number of benzene rings is 1. The van der Waals surface area contributed by atoms with Crippen molar-refractivity contribution in [2.24, 2.45) is 5.73 Å². The highest BCUT2D eigenvalue weighted by Crippen LogP contribution is 2.38. The summed E-state index contributed by atoms with van der Waals surface area (Å²) in [5.41, 5.74) is 8.91. The van der Waals surface area contributed by atoms with Gasteiger partial charge in [0, 0.05) is 11.5 Å². The second kappa shape index (κ2) is 4.03. The van der Waals surface area contributed by atoms with Crippen LogP contribution < -0.4 is 10.5 Å². The molecule has 15 heavy (non-hydrogen) atoms. The number of methoxy groups -OCH3 is 1. The third-order valence-electron chi connectivity index (χ3n) is 3.37. The summed E-state index contributed by atoms with van der Waals surface area (Å²) in [7, 11) is 1.70. The minimum Gasteiger partial charge on any atom is -0.497 e. The van der Waals surface area contributed by atoms with Gasteiger partial charge in [0.05, 0.1) is 7.11 Å². The molecule has 2 N–H and O–H groups in total. The van der Waals surface area contributed by atoms with Crippen LogP contribution in [0.3, 0.4) is 0 Å². The number of hydrogen-bond acceptors (Lipinski definition) is 2. The monoisotopic (exact) mass is 227 g/mol. The van der Waals surface area contributed by atoms with Crippen LogP contribution in [0.15, 0.2) is 18.2 Å². The average Bonchev–Trinajstić information content (AvgIpc) is 2.38. The molecule has 0 spiro atoms. The van der Waals surface area contributed by atoms with Gasteiger partial charge in [0.2, 0.25) is 0 Å². The zero-order valence-corrected chi connectivity index (χ0v) is 10.2. The summed E-state index contributed by atoms with van der Waals surface area (Å²) < 4.78 is 5.20. The Morgan fingerprint density at radius 1 is 1.40 bits per heavy atom. The molecule has 0 heterocycles. The van der Waals surface area contributed by atoms with E-state index in [1.807, 2.05) is 6.07 Å². The third-order valence-corrected chi connectivity index (χ3v) is 3.37. The van der Waals surface area contributed by atoms with Gasteiger partial charge in [-0.15, -0.1) is 12.4 Å². The first-order valence-corrected chi connectivity index (χ1v) is 4.98. The van der Waals surface area contributed by atoms with E-state index in [1.165, 1.54) is 11.1 Å². The van der Waals surface area contributed by atoms with E-state index in [2.05, 4.69) is 26.0 Å². The van der Waals surface area contributed by atoms with Crippen molar-refractivity contribution in [3.63, 3.8) is 0 Å². The molecule has 3 heteroatoms. The molecule has 1 aromatic rings. The van der Waals surface area contributed by atoms with E-state index in [4.69, 9.17) is 10.5 Å². The SMILES string of the molecule is COc1ccc2c(c1)CC(N)C2(C)C.Cl. The van der Waals surface area contributed by atoms with Crippen LogP contribution in [0.1, 0.15) is 25.0 Å². The Kier molecular flexibility index (Phi) is 3.31. The Morgan fingerprint density at radius 2 is 2.07 bits per heavy atom. The van der Waals surface area contributed by atoms with Gasteiger partial charge in [-0.1, -0.05) is 19.9 Å². The summed E-state index contributed by atoms with van der Waals surface area (Å²) in [6.45, 7) is 4.41. The van der Waals surface area contributed by atoms with E-state index in [-0.39, 0.29) is 23.9 Å². The second-order valence-corrected chi connectivity index (χ2v) is 4.56. The molecule has 0 bridgehead atoms. The molecule has 1 unspecified atom stereocenters. The largest absolute Gasteiger partial charge is 0.497 e. The van der Waals surface area contributed by atoms with Crippen LogP contribution >= 0.6 is 12.4 Å². The van der Waals surface area contributed by atoms with Crippen molar-refractivity contribution < 1.29 is 4.74 Å². The zero-order valence-electron chi connectivity index (χ0n) is 9.41. The van der Waals surface area contributed by atoms with Gasteiger partial charge >= 0.3 is 0 Å². The highest BCUT2D eigenvalue weighted by atomic mass is 35.5. The van der Waals surface area contributed by atoms with Crippen LogP contribution in [-0.4, -0.2) is 13.2 Å². The lowest BCUT2D eigenvalue weighted by Gasteiger charge is -2.24. The number of ether oxygens (including phenoxy) is 1. The Morgan fingerprint density at radius 3 is 2.67 bits per heavy atom. The smallest absolute Gasteiger partial charge is 0.119 e. The molecule has 1 aliphatic carbocycles. The molecule has 84 valence electrons. The number of hydrogen-bond donors (Lipinski definition) is 1. The average molecular weight is 228 g/mol. The number of nitrogens with two attached hydrogens (primary N) is 1. The van der Waals surface area contributed by atoms with Crippen molar-refractivity contribution in [2.45, 2.75) is 31.7 Å². The van der Waals surface area contributed by atoms with Gasteiger partial charge in [-0.05, 0) is 29.7 Å². The van der Waals surface area contributed by atoms with Crippen LogP contribution in [0.2, 0.25) is 0 Å². The van der Waals surface area contributed by atoms with Crippen LogP contribution in [0, 0.1) is 0 Å². The van der Waals surface area contributed by atoms with Gasteiger partial charge in [0.25, 0.3) is 0 Å². The van der Waals surface area contributed by atoms with Crippen molar-refractivity contribution in [1.82, 2.24) is 0 Å². The van der Waals surface area contributed by atoms with Crippen LogP contribution in [-0.2, 0) is 11.8 Å². The Balaban J connectivity index is 0.00000112. The van der Waals surface area contributed by atoms with Crippen LogP contribution in [0.4, 0.5) is 0 Å². The van der Waals surface area contributed by atoms with Gasteiger partial charge in [-0.2, -0.15) is 0 Å². The van der Waals surface area contributed by atoms with Crippen LogP contribution in [0.25, 0.3) is 0 Å². The fourth-order valence-electron chi connectivity index (χ4n) is 2.19. The highest BCUT2D eigenvalue weighted by Gasteiger charge is 2.36. The van der Waals surface area contributed by atoms with Gasteiger partial charge in [-0.25, -0.2) is 0 Å². The molecule has 0 saturated heterocycles. The molecule has 1 aliphatic rings. The van der Waals surface area contributed by atoms with E-state index >= 15 is 0 Å². The molecule has 2 rings (SSSR count). The minimum absolute atomic E-state index is 0. The summed E-state index contributed by atoms with van der Waals surface area (Å²) >= 11 is 0. The van der Waals surface area contributed by atoms with Crippen LogP contribution in [0.5, 0.6) is 5.75 Å². The Labute approximate surface area is 97.2 Å². The summed E-state index contributed by atoms with van der Waals surface area (Å²) in [4.78, 5) is 0. The molecular weight excluding hydrogens is 210 g/mol. The van der Waals surface area contributed by atoms with E-state index in [1.54, 1.807) is 7.11 Å². The van der Waals surface area contributed by atoms with E-state index < -0.39 is 0 Å². The molecule has 2 nitrogen and oxygen atoms in total. The number of rotatable bonds is 1. The molecule has 0 amide bonds. The topological polar surface area (TPSA) is 35.2 Å². The lowest BCUT2D eigenvalue weighted by atomic mass is 9.83. The van der Waals surface area contributed by atoms with Gasteiger partial charge in [0.15, 0.2) is 0 Å². The second-order valence-electron chi connectivity index (χ2n) is 4.56. The van der Waals surface area contributed by atoms with Gasteiger partial charge in [-0.3, -0.25) is 0 Å². The number of halogens is 1. The van der Waals surface area contributed by atoms with E-state index in [0.29, 0.717) is 0 Å². The fourth-order valence-corrected chi connectivity index (χ4v) is 2.19. The van der Waals surface area contributed by atoms with E-state index in [9.17, 15) is 0 Å². The normalized spacial score (nSPS) is 21.7. The van der Waals surface area contributed by atoms with Crippen molar-refractivity contribution in [3.8, 4) is 5.75 Å². The molecule has 0 aromatic heterocycles. The Bertz CT molecular complexity index is 363. The summed E-state index contributed by atoms with van der Waals surface area (Å²) in [6, 6.07) is 6.48. The van der Waals surface area contributed by atoms with Crippen molar-refractivity contribution in [2.75, 3.05) is 7.11 Å². The van der Waals surface area contributed by atoms with Crippen molar-refractivity contribution in [1.29, 1.82) is 0 Å². The summed E-state index contributed by atoms with van der Waals surface area (Å²) in [5.74, 6) is 0.925. The zero-order chi connectivity index (χ0) is 10.3. The highest BCUT2D eigenvalue weighted by molar-refractivity contribution is 5.85. The van der Waals surface area contributed by atoms with Gasteiger partial charge < -0.3 is 10.5 Å². The number of fused-ring (bicyclic) bond motifs is 1. The molecule has 0 radical (unpaired) electrons. The molecule has 0 fully saturated rings. The predicted molar refractivity (Wildman–Crippen MR) is 64.9 cm³/mol. The molecular formula is C12H18ClNO. The summed E-state index contributed by atoms with van der Waals surface area (Å²) in [6.07, 6.45) is 0.958. The van der Waals surface area contributed by atoms with Crippen molar-refractivity contribution >= 4 is 12.4 Å². The Hall–Kier alpha value is -0.730. The quantitative estimate of drug-likeness (QED) is 0.799. The molecule has 1 atom stereocenters. The lowest BCUT2D eigenvalue weighted by Crippen LogP contribution is -2.36. The molecule has 1 aromatic carbocycles. The predicted octanol–water partition coefficient (Wildman–Crippen LogP) is 2.28. The third kappa shape index (κ3) is 1.84. The standard InChI is InChI=1S/C12H17NO.ClH/c1-12(2)10-5-4-9(14-3)6-8(10)7-11(12)13;/h4-6,11H,7,13H2,1-3H3;1H. The molecule has 0 saturated carbocycles. The maximum absolute atomic E-state index is 6.11.